The third-order valence-electron chi connectivity index (χ3n) is 3.79. The zero-order valence-corrected chi connectivity index (χ0v) is 12.6. The van der Waals surface area contributed by atoms with Gasteiger partial charge in [-0.15, -0.1) is 0 Å². The van der Waals surface area contributed by atoms with Gasteiger partial charge in [0, 0.05) is 23.7 Å². The molecular weight excluding hydrogens is 308 g/mol. The highest BCUT2D eigenvalue weighted by Crippen LogP contribution is 2.28. The first-order valence-corrected chi connectivity index (χ1v) is 7.09. The number of nitrogens with zero attached hydrogens (tertiary/aromatic N) is 3. The Labute approximate surface area is 141 Å². The summed E-state index contributed by atoms with van der Waals surface area (Å²) in [6.07, 6.45) is 3.04. The van der Waals surface area contributed by atoms with Gasteiger partial charge in [-0.3, -0.25) is 4.79 Å². The molecule has 0 unspecified atom stereocenters. The van der Waals surface area contributed by atoms with Gasteiger partial charge in [0.1, 0.15) is 11.4 Å². The van der Waals surface area contributed by atoms with Gasteiger partial charge in [-0.1, -0.05) is 0 Å². The van der Waals surface area contributed by atoms with E-state index >= 15 is 0 Å². The van der Waals surface area contributed by atoms with E-state index in [2.05, 4.69) is 15.1 Å². The fourth-order valence-electron chi connectivity index (χ4n) is 2.60. The average Bonchev–Trinajstić information content (AvgIpc) is 2.97. The molecule has 0 saturated heterocycles. The molecule has 2 aromatic rings. The van der Waals surface area contributed by atoms with Gasteiger partial charge in [-0.2, -0.15) is 9.78 Å². The number of rotatable bonds is 3. The molecule has 1 aromatic heterocycles. The predicted octanol–water partition coefficient (Wildman–Crippen LogP) is 2.23. The monoisotopic (exact) mass is 325 g/mol. The van der Waals surface area contributed by atoms with Gasteiger partial charge in [-0.05, 0) is 18.2 Å². The minimum Gasteiger partial charge on any atom is -0.497 e. The molecule has 2 aliphatic heterocycles. The lowest BCUT2D eigenvalue weighted by Crippen LogP contribution is -2.14. The summed E-state index contributed by atoms with van der Waals surface area (Å²) in [6.45, 7) is 0. The molecule has 0 fully saturated rings. The highest BCUT2D eigenvalue weighted by atomic mass is 16.5. The number of pyridine rings is 2. The molecule has 0 aliphatic carbocycles. The van der Waals surface area contributed by atoms with E-state index in [9.17, 15) is 4.79 Å². The lowest BCUT2D eigenvalue weighted by molar-refractivity contribution is 0.397. The molecule has 7 nitrogen and oxygen atoms in total. The summed E-state index contributed by atoms with van der Waals surface area (Å²) in [6, 6.07) is 8.08. The van der Waals surface area contributed by atoms with Crippen LogP contribution in [0.15, 0.2) is 47.5 Å². The summed E-state index contributed by atoms with van der Waals surface area (Å²) in [5, 5.41) is 5.09. The molecule has 1 aromatic carbocycles. The van der Waals surface area contributed by atoms with Crippen molar-refractivity contribution in [2.45, 2.75) is 0 Å². The number of H-pyrrole nitrogens is 1. The van der Waals surface area contributed by atoms with E-state index in [1.165, 1.54) is 24.1 Å². The van der Waals surface area contributed by atoms with Gasteiger partial charge in [0.25, 0.3) is 5.56 Å². The third-order valence-corrected chi connectivity index (χ3v) is 3.79. The maximum atomic E-state index is 12.7. The Balaban J connectivity index is 1.84. The van der Waals surface area contributed by atoms with E-state index in [1.54, 1.807) is 30.5 Å². The lowest BCUT2D eigenvalue weighted by Gasteiger charge is -2.05. The Morgan fingerprint density at radius 3 is 2.92 bits per heavy atom. The minimum absolute atomic E-state index is 0.194. The van der Waals surface area contributed by atoms with Crippen LogP contribution in [0, 0.1) is 0 Å². The van der Waals surface area contributed by atoms with Gasteiger partial charge < -0.3 is 14.5 Å². The number of hydrogen-bond acceptors (Lipinski definition) is 5. The number of methoxy groups -OCH3 is 2. The maximum absolute atomic E-state index is 12.7. The molecule has 1 N–H and O–H groups in total. The third kappa shape index (κ3) is 2.10. The van der Waals surface area contributed by atoms with E-state index in [-0.39, 0.29) is 11.3 Å². The van der Waals surface area contributed by atoms with Crippen molar-refractivity contribution in [2.75, 3.05) is 14.1 Å². The lowest BCUT2D eigenvalue weighted by atomic mass is 10.1. The molecule has 0 amide bonds. The summed E-state index contributed by atoms with van der Waals surface area (Å²) in [7, 11) is -1.03. The van der Waals surface area contributed by atoms with E-state index in [4.69, 9.17) is 13.6 Å². The Kier molecular flexibility index (Phi) is 2.52. The van der Waals surface area contributed by atoms with Crippen molar-refractivity contribution in [3.8, 4) is 28.6 Å². The van der Waals surface area contributed by atoms with E-state index < -0.39 is 7.04 Å². The van der Waals surface area contributed by atoms with Crippen LogP contribution < -0.4 is 15.0 Å². The zero-order chi connectivity index (χ0) is 19.2. The molecule has 0 spiro atoms. The largest absolute Gasteiger partial charge is 0.497 e. The molecule has 2 aliphatic rings. The molecule has 0 bridgehead atoms. The van der Waals surface area contributed by atoms with Gasteiger partial charge in [0.05, 0.1) is 41.2 Å². The van der Waals surface area contributed by atoms with Gasteiger partial charge >= 0.3 is 0 Å². The number of aromatic nitrogens is 4. The molecule has 120 valence electrons. The van der Waals surface area contributed by atoms with Crippen molar-refractivity contribution in [1.29, 1.82) is 0 Å². The van der Waals surface area contributed by atoms with Crippen LogP contribution in [0.1, 0.15) is 4.11 Å². The van der Waals surface area contributed by atoms with Crippen LogP contribution in [0.4, 0.5) is 0 Å². The second kappa shape index (κ2) is 5.38. The normalized spacial score (nSPS) is 13.5. The molecule has 4 rings (SSSR count). The molecule has 24 heavy (non-hydrogen) atoms. The average molecular weight is 325 g/mol. The van der Waals surface area contributed by atoms with E-state index in [1.807, 2.05) is 0 Å². The number of benzene rings is 1. The fourth-order valence-corrected chi connectivity index (χ4v) is 2.60. The molecule has 3 heterocycles. The smallest absolute Gasteiger partial charge is 0.282 e. The summed E-state index contributed by atoms with van der Waals surface area (Å²) in [5.74, 6) is 0.628. The van der Waals surface area contributed by atoms with Crippen LogP contribution in [0.2, 0.25) is 0 Å². The van der Waals surface area contributed by atoms with Crippen LogP contribution in [0.25, 0.3) is 27.8 Å². The summed E-state index contributed by atoms with van der Waals surface area (Å²) in [5.41, 5.74) is 1.71. The van der Waals surface area contributed by atoms with E-state index in [0.29, 0.717) is 33.7 Å². The van der Waals surface area contributed by atoms with Crippen molar-refractivity contribution in [3.05, 3.63) is 53.1 Å². The van der Waals surface area contributed by atoms with Crippen molar-refractivity contribution in [1.82, 2.24) is 19.7 Å². The molecule has 7 heteroatoms. The minimum atomic E-state index is -2.54. The van der Waals surface area contributed by atoms with Crippen molar-refractivity contribution in [2.24, 2.45) is 0 Å². The van der Waals surface area contributed by atoms with Gasteiger partial charge in [0.15, 0.2) is 0 Å². The van der Waals surface area contributed by atoms with Crippen molar-refractivity contribution < 1.29 is 13.6 Å². The SMILES string of the molecule is [2H]C([2H])([2H])Oc1ccc2c3nn(-c4ccc(OC)nc4)c(=O)c-3c[nH]c2c1. The Bertz CT molecular complexity index is 1150. The second-order valence-electron chi connectivity index (χ2n) is 5.14. The molecule has 0 atom stereocenters. The predicted molar refractivity (Wildman–Crippen MR) is 89.2 cm³/mol. The van der Waals surface area contributed by atoms with Crippen LogP contribution >= 0.6 is 0 Å². The van der Waals surface area contributed by atoms with E-state index in [0.717, 1.165) is 0 Å². The number of ether oxygens (including phenoxy) is 2. The fraction of sp³-hybridized carbons (Fsp3) is 0.118. The van der Waals surface area contributed by atoms with Gasteiger partial charge in [-0.25, -0.2) is 4.98 Å². The maximum Gasteiger partial charge on any atom is 0.282 e. The van der Waals surface area contributed by atoms with Crippen molar-refractivity contribution in [3.63, 3.8) is 0 Å². The molecular formula is C17H14N4O3. The molecule has 0 radical (unpaired) electrons. The topological polar surface area (TPSA) is 82.0 Å². The first-order chi connectivity index (χ1) is 12.9. The first kappa shape index (κ1) is 11.2. The zero-order valence-electron chi connectivity index (χ0n) is 15.6. The van der Waals surface area contributed by atoms with Crippen LogP contribution in [0.5, 0.6) is 11.6 Å². The number of nitrogens with one attached hydrogen (secondary N) is 1. The first-order valence-electron chi connectivity index (χ1n) is 8.59. The Hall–Kier alpha value is -3.35. The Morgan fingerprint density at radius 2 is 2.17 bits per heavy atom. The van der Waals surface area contributed by atoms with Crippen molar-refractivity contribution >= 4 is 10.9 Å². The highest BCUT2D eigenvalue weighted by Gasteiger charge is 2.19. The summed E-state index contributed by atoms with van der Waals surface area (Å²) >= 11 is 0. The van der Waals surface area contributed by atoms with Crippen LogP contribution in [-0.4, -0.2) is 33.9 Å². The van der Waals surface area contributed by atoms with Gasteiger partial charge in [0.2, 0.25) is 5.88 Å². The number of hydrogen-bond donors (Lipinski definition) is 1. The quantitative estimate of drug-likeness (QED) is 0.624. The van der Waals surface area contributed by atoms with Crippen LogP contribution in [0.3, 0.4) is 0 Å². The molecule has 0 saturated carbocycles. The summed E-state index contributed by atoms with van der Waals surface area (Å²) in [4.78, 5) is 19.8. The van der Waals surface area contributed by atoms with Crippen LogP contribution in [-0.2, 0) is 0 Å². The summed E-state index contributed by atoms with van der Waals surface area (Å²) < 4.78 is 32.8. The number of aromatic amines is 1. The standard InChI is InChI=1S/C17H14N4O3/c1-23-11-4-5-12-14(7-11)18-9-13-16(12)20-21(17(13)22)10-3-6-15(24-2)19-8-10/h3-9,18H,1-2H3/i1D3. The number of fused-ring (bicyclic) bond motifs is 3. The Morgan fingerprint density at radius 1 is 1.25 bits per heavy atom. The second-order valence-corrected chi connectivity index (χ2v) is 5.14. The highest BCUT2D eigenvalue weighted by molar-refractivity contribution is 5.93.